The third-order valence-corrected chi connectivity index (χ3v) is 3.70. The molecule has 3 N–H and O–H groups in total. The predicted molar refractivity (Wildman–Crippen MR) is 96.9 cm³/mol. The van der Waals surface area contributed by atoms with Crippen LogP contribution in [0.3, 0.4) is 0 Å². The van der Waals surface area contributed by atoms with Gasteiger partial charge < -0.3 is 20.5 Å². The van der Waals surface area contributed by atoms with E-state index in [-0.39, 0.29) is 5.88 Å². The number of aromatic nitrogens is 2. The summed E-state index contributed by atoms with van der Waals surface area (Å²) in [6.45, 7) is 0. The Kier molecular flexibility index (Phi) is 4.81. The van der Waals surface area contributed by atoms with E-state index in [9.17, 15) is 0 Å². The summed E-state index contributed by atoms with van der Waals surface area (Å²) >= 11 is 3.43. The number of nitrogens with one attached hydrogen (secondary N) is 1. The van der Waals surface area contributed by atoms with Crippen LogP contribution in [-0.2, 0) is 0 Å². The number of rotatable bonds is 5. The minimum absolute atomic E-state index is 0.256. The number of halogens is 1. The minimum Gasteiger partial charge on any atom is -0.493 e. The molecule has 1 aromatic heterocycles. The first-order chi connectivity index (χ1) is 11.7. The Labute approximate surface area is 147 Å². The lowest BCUT2D eigenvalue weighted by molar-refractivity contribution is 0.374. The summed E-state index contributed by atoms with van der Waals surface area (Å²) in [6, 6.07) is 15.0. The molecule has 0 unspecified atom stereocenters. The molecule has 0 spiro atoms. The predicted octanol–water partition coefficient (Wildman–Crippen LogP) is 4.37. The van der Waals surface area contributed by atoms with Crippen LogP contribution in [0.25, 0.3) is 0 Å². The molecule has 122 valence electrons. The zero-order valence-corrected chi connectivity index (χ0v) is 14.4. The highest BCUT2D eigenvalue weighted by Gasteiger charge is 2.13. The van der Waals surface area contributed by atoms with Crippen LogP contribution in [0, 0.1) is 0 Å². The number of nitrogens with two attached hydrogens (primary N) is 1. The van der Waals surface area contributed by atoms with Gasteiger partial charge in [-0.25, -0.2) is 4.98 Å². The molecule has 3 rings (SSSR count). The monoisotopic (exact) mass is 386 g/mol. The smallest absolute Gasteiger partial charge is 0.248 e. The molecule has 24 heavy (non-hydrogen) atoms. The number of nitrogens with zero attached hydrogens (tertiary/aromatic N) is 2. The van der Waals surface area contributed by atoms with E-state index in [1.807, 2.05) is 36.4 Å². The number of anilines is 3. The zero-order chi connectivity index (χ0) is 16.9. The lowest BCUT2D eigenvalue weighted by Gasteiger charge is -2.13. The number of hydrogen-bond donors (Lipinski definition) is 2. The normalized spacial score (nSPS) is 10.2. The van der Waals surface area contributed by atoms with Crippen molar-refractivity contribution in [3.63, 3.8) is 0 Å². The Morgan fingerprint density at radius 1 is 1.04 bits per heavy atom. The van der Waals surface area contributed by atoms with Gasteiger partial charge in [0.05, 0.1) is 7.11 Å². The Balaban J connectivity index is 1.88. The first-order valence-corrected chi connectivity index (χ1v) is 7.90. The van der Waals surface area contributed by atoms with Crippen LogP contribution >= 0.6 is 15.9 Å². The molecule has 0 saturated carbocycles. The Hall–Kier alpha value is -2.80. The number of benzene rings is 2. The van der Waals surface area contributed by atoms with Gasteiger partial charge in [0, 0.05) is 10.2 Å². The quantitative estimate of drug-likeness (QED) is 0.677. The van der Waals surface area contributed by atoms with E-state index in [1.54, 1.807) is 19.2 Å². The van der Waals surface area contributed by atoms with Crippen molar-refractivity contribution in [3.8, 4) is 17.4 Å². The van der Waals surface area contributed by atoms with Gasteiger partial charge in [-0.3, -0.25) is 0 Å². The summed E-state index contributed by atoms with van der Waals surface area (Å²) < 4.78 is 12.0. The third-order valence-electron chi connectivity index (χ3n) is 3.21. The maximum Gasteiger partial charge on any atom is 0.248 e. The summed E-state index contributed by atoms with van der Waals surface area (Å²) in [5, 5.41) is 3.15. The van der Waals surface area contributed by atoms with Crippen molar-refractivity contribution in [3.05, 3.63) is 59.3 Å². The summed E-state index contributed by atoms with van der Waals surface area (Å²) in [5.41, 5.74) is 7.30. The van der Waals surface area contributed by atoms with Gasteiger partial charge in [0.2, 0.25) is 5.88 Å². The van der Waals surface area contributed by atoms with Gasteiger partial charge >= 0.3 is 0 Å². The second-order valence-corrected chi connectivity index (χ2v) is 5.75. The van der Waals surface area contributed by atoms with E-state index < -0.39 is 0 Å². The van der Waals surface area contributed by atoms with Crippen LogP contribution in [0.1, 0.15) is 0 Å². The number of para-hydroxylation sites is 2. The van der Waals surface area contributed by atoms with Crippen LogP contribution < -0.4 is 20.5 Å². The van der Waals surface area contributed by atoms with Crippen molar-refractivity contribution < 1.29 is 9.47 Å². The molecule has 7 heteroatoms. The molecule has 0 bridgehead atoms. The van der Waals surface area contributed by atoms with Crippen LogP contribution in [-0.4, -0.2) is 17.1 Å². The molecule has 0 aliphatic heterocycles. The van der Waals surface area contributed by atoms with Crippen molar-refractivity contribution in [2.45, 2.75) is 0 Å². The van der Waals surface area contributed by atoms with E-state index in [0.29, 0.717) is 23.0 Å². The number of hydrogen-bond acceptors (Lipinski definition) is 6. The summed E-state index contributed by atoms with van der Waals surface area (Å²) in [6.07, 6.45) is 1.39. The molecule has 3 aromatic rings. The molecule has 0 aliphatic carbocycles. The molecule has 6 nitrogen and oxygen atoms in total. The van der Waals surface area contributed by atoms with E-state index in [0.717, 1.165) is 10.2 Å². The van der Waals surface area contributed by atoms with Crippen molar-refractivity contribution in [2.75, 3.05) is 18.2 Å². The van der Waals surface area contributed by atoms with Crippen LogP contribution in [0.4, 0.5) is 17.2 Å². The van der Waals surface area contributed by atoms with Crippen molar-refractivity contribution >= 4 is 33.1 Å². The standard InChI is InChI=1S/C17H15BrN4O2/c1-23-13-7-2-3-8-14(13)24-17-15(19)16(20-10-21-17)22-12-6-4-5-11(18)9-12/h2-10H,19H2,1H3,(H,20,21,22). The molecule has 0 atom stereocenters. The Bertz CT molecular complexity index is 857. The first kappa shape index (κ1) is 16.1. The SMILES string of the molecule is COc1ccccc1Oc1ncnc(Nc2cccc(Br)c2)c1N. The summed E-state index contributed by atoms with van der Waals surface area (Å²) in [7, 11) is 1.58. The average Bonchev–Trinajstić information content (AvgIpc) is 2.59. The van der Waals surface area contributed by atoms with Crippen LogP contribution in [0.15, 0.2) is 59.3 Å². The van der Waals surface area contributed by atoms with Crippen molar-refractivity contribution in [2.24, 2.45) is 0 Å². The van der Waals surface area contributed by atoms with Gasteiger partial charge in [-0.2, -0.15) is 4.98 Å². The maximum atomic E-state index is 6.14. The molecule has 0 fully saturated rings. The van der Waals surface area contributed by atoms with Crippen molar-refractivity contribution in [1.29, 1.82) is 0 Å². The fourth-order valence-electron chi connectivity index (χ4n) is 2.07. The molecule has 0 radical (unpaired) electrons. The highest BCUT2D eigenvalue weighted by atomic mass is 79.9. The number of methoxy groups -OCH3 is 1. The van der Waals surface area contributed by atoms with Gasteiger partial charge in [0.25, 0.3) is 0 Å². The fraction of sp³-hybridized carbons (Fsp3) is 0.0588. The third kappa shape index (κ3) is 3.57. The van der Waals surface area contributed by atoms with E-state index in [2.05, 4.69) is 31.2 Å². The van der Waals surface area contributed by atoms with E-state index >= 15 is 0 Å². The molecule has 0 aliphatic rings. The second kappa shape index (κ2) is 7.18. The van der Waals surface area contributed by atoms with E-state index in [1.165, 1.54) is 6.33 Å². The largest absolute Gasteiger partial charge is 0.493 e. The molecule has 1 heterocycles. The van der Waals surface area contributed by atoms with Crippen molar-refractivity contribution in [1.82, 2.24) is 9.97 Å². The van der Waals surface area contributed by atoms with Gasteiger partial charge in [-0.15, -0.1) is 0 Å². The highest BCUT2D eigenvalue weighted by Crippen LogP contribution is 2.35. The molecular formula is C17H15BrN4O2. The average molecular weight is 387 g/mol. The van der Waals surface area contributed by atoms with Gasteiger partial charge in [0.1, 0.15) is 12.0 Å². The molecular weight excluding hydrogens is 372 g/mol. The first-order valence-electron chi connectivity index (χ1n) is 7.11. The highest BCUT2D eigenvalue weighted by molar-refractivity contribution is 9.10. The Morgan fingerprint density at radius 2 is 1.83 bits per heavy atom. The maximum absolute atomic E-state index is 6.14. The summed E-state index contributed by atoms with van der Waals surface area (Å²) in [4.78, 5) is 8.28. The van der Waals surface area contributed by atoms with Crippen LogP contribution in [0.2, 0.25) is 0 Å². The molecule has 0 amide bonds. The number of nitrogen functional groups attached to an aromatic ring is 1. The topological polar surface area (TPSA) is 82.3 Å². The molecule has 2 aromatic carbocycles. The van der Waals surface area contributed by atoms with Gasteiger partial charge in [0.15, 0.2) is 17.3 Å². The minimum atomic E-state index is 0.256. The second-order valence-electron chi connectivity index (χ2n) is 4.83. The molecule has 0 saturated heterocycles. The number of ether oxygens (including phenoxy) is 2. The lowest BCUT2D eigenvalue weighted by Crippen LogP contribution is -2.03. The van der Waals surface area contributed by atoms with Gasteiger partial charge in [-0.05, 0) is 30.3 Å². The zero-order valence-electron chi connectivity index (χ0n) is 12.9. The summed E-state index contributed by atoms with van der Waals surface area (Å²) in [5.74, 6) is 1.84. The van der Waals surface area contributed by atoms with E-state index in [4.69, 9.17) is 15.2 Å². The Morgan fingerprint density at radius 3 is 2.58 bits per heavy atom. The van der Waals surface area contributed by atoms with Gasteiger partial charge in [-0.1, -0.05) is 34.1 Å². The fourth-order valence-corrected chi connectivity index (χ4v) is 2.47. The van der Waals surface area contributed by atoms with Crippen LogP contribution in [0.5, 0.6) is 17.4 Å². The lowest BCUT2D eigenvalue weighted by atomic mass is 10.3.